The van der Waals surface area contributed by atoms with Crippen LogP contribution in [0.1, 0.15) is 50.5 Å². The summed E-state index contributed by atoms with van der Waals surface area (Å²) in [5.74, 6) is 0.944. The molecule has 1 saturated heterocycles. The zero-order chi connectivity index (χ0) is 19.4. The topological polar surface area (TPSA) is 76.1 Å². The van der Waals surface area contributed by atoms with Crippen LogP contribution in [0.3, 0.4) is 0 Å². The van der Waals surface area contributed by atoms with Gasteiger partial charge in [0.25, 0.3) is 0 Å². The molecule has 6 heteroatoms. The molecule has 1 amide bonds. The predicted octanol–water partition coefficient (Wildman–Crippen LogP) is 3.27. The number of fused-ring (bicyclic) bond motifs is 1. The lowest BCUT2D eigenvalue weighted by molar-refractivity contribution is -0.149. The minimum absolute atomic E-state index is 0.0238. The van der Waals surface area contributed by atoms with Crippen molar-refractivity contribution in [2.24, 2.45) is 5.92 Å². The maximum absolute atomic E-state index is 12.9. The van der Waals surface area contributed by atoms with Gasteiger partial charge < -0.3 is 19.5 Å². The highest BCUT2D eigenvalue weighted by Gasteiger charge is 2.47. The predicted molar refractivity (Wildman–Crippen MR) is 101 cm³/mol. The van der Waals surface area contributed by atoms with Crippen LogP contribution in [0.25, 0.3) is 0 Å². The summed E-state index contributed by atoms with van der Waals surface area (Å²) in [4.78, 5) is 26.2. The van der Waals surface area contributed by atoms with E-state index in [0.29, 0.717) is 31.6 Å². The average Bonchev–Trinajstić information content (AvgIpc) is 3.08. The van der Waals surface area contributed by atoms with Crippen LogP contribution in [0.2, 0.25) is 0 Å². The monoisotopic (exact) mass is 375 g/mol. The fraction of sp³-hybridized carbons (Fsp3) is 0.619. The van der Waals surface area contributed by atoms with Crippen LogP contribution in [0, 0.1) is 5.92 Å². The number of benzene rings is 1. The minimum atomic E-state index is -0.866. The van der Waals surface area contributed by atoms with Crippen LogP contribution in [-0.2, 0) is 16.0 Å². The summed E-state index contributed by atoms with van der Waals surface area (Å²) in [6.45, 7) is 0. The van der Waals surface area contributed by atoms with Crippen LogP contribution < -0.4 is 9.47 Å². The third-order valence-corrected chi connectivity index (χ3v) is 5.99. The van der Waals surface area contributed by atoms with Gasteiger partial charge in [0.2, 0.25) is 5.91 Å². The number of likely N-dealkylation sites (tertiary alicyclic amines) is 1. The Bertz CT molecular complexity index is 689. The van der Waals surface area contributed by atoms with Crippen LogP contribution in [0.5, 0.6) is 11.5 Å². The molecule has 0 radical (unpaired) electrons. The number of ether oxygens (including phenoxy) is 2. The molecule has 6 nitrogen and oxygen atoms in total. The number of carbonyl (C=O) groups excluding carboxylic acids is 1. The van der Waals surface area contributed by atoms with E-state index in [9.17, 15) is 14.7 Å². The Labute approximate surface area is 160 Å². The Hall–Kier alpha value is -2.24. The molecule has 1 aliphatic heterocycles. The van der Waals surface area contributed by atoms with Crippen molar-refractivity contribution in [3.05, 3.63) is 23.8 Å². The third-order valence-electron chi connectivity index (χ3n) is 5.99. The summed E-state index contributed by atoms with van der Waals surface area (Å²) >= 11 is 0. The van der Waals surface area contributed by atoms with Crippen LogP contribution in [0.15, 0.2) is 18.2 Å². The molecular formula is C21H29NO5. The molecule has 2 fully saturated rings. The molecule has 3 rings (SSSR count). The molecule has 1 aromatic carbocycles. The number of carbonyl (C=O) groups is 2. The van der Waals surface area contributed by atoms with Gasteiger partial charge in [0.15, 0.2) is 0 Å². The first-order valence-electron chi connectivity index (χ1n) is 9.80. The van der Waals surface area contributed by atoms with Gasteiger partial charge in [0.1, 0.15) is 17.5 Å². The van der Waals surface area contributed by atoms with Crippen LogP contribution >= 0.6 is 0 Å². The van der Waals surface area contributed by atoms with Gasteiger partial charge in [-0.15, -0.1) is 0 Å². The number of nitrogens with zero attached hydrogens (tertiary/aromatic N) is 1. The zero-order valence-electron chi connectivity index (χ0n) is 16.1. The Morgan fingerprint density at radius 2 is 1.96 bits per heavy atom. The second-order valence-electron chi connectivity index (χ2n) is 7.53. The number of rotatable bonds is 7. The summed E-state index contributed by atoms with van der Waals surface area (Å²) in [5.41, 5.74) is 1.03. The van der Waals surface area contributed by atoms with Crippen molar-refractivity contribution in [1.29, 1.82) is 0 Å². The molecule has 0 bridgehead atoms. The standard InChI is InChI=1S/C21H29NO5/c1-26-16-11-10-14(19(13-16)27-2)7-5-9-20(23)22-17-8-4-3-6-15(17)12-18(22)21(24)25/h10-11,13,15,17-18H,3-9,12H2,1-2H3,(H,24,25). The largest absolute Gasteiger partial charge is 0.497 e. The molecule has 148 valence electrons. The van der Waals surface area contributed by atoms with Gasteiger partial charge in [-0.05, 0) is 49.7 Å². The van der Waals surface area contributed by atoms with E-state index in [1.807, 2.05) is 18.2 Å². The molecule has 0 aromatic heterocycles. The molecule has 0 spiro atoms. The van der Waals surface area contributed by atoms with E-state index in [1.165, 1.54) is 0 Å². The first-order valence-corrected chi connectivity index (χ1v) is 9.80. The van der Waals surface area contributed by atoms with Crippen LogP contribution in [0.4, 0.5) is 0 Å². The van der Waals surface area contributed by atoms with E-state index in [-0.39, 0.29) is 11.9 Å². The van der Waals surface area contributed by atoms with Gasteiger partial charge in [0.05, 0.1) is 14.2 Å². The van der Waals surface area contributed by atoms with Crippen molar-refractivity contribution in [3.8, 4) is 11.5 Å². The number of hydrogen-bond acceptors (Lipinski definition) is 4. The Morgan fingerprint density at radius 3 is 2.67 bits per heavy atom. The Balaban J connectivity index is 1.62. The number of aryl methyl sites for hydroxylation is 1. The fourth-order valence-electron chi connectivity index (χ4n) is 4.66. The first kappa shape index (κ1) is 19.5. The molecule has 1 N–H and O–H groups in total. The molecule has 3 atom stereocenters. The minimum Gasteiger partial charge on any atom is -0.497 e. The number of aliphatic carboxylic acids is 1. The smallest absolute Gasteiger partial charge is 0.326 e. The van der Waals surface area contributed by atoms with Crippen molar-refractivity contribution in [2.45, 2.75) is 63.5 Å². The SMILES string of the molecule is COc1ccc(CCCC(=O)N2C(C(=O)O)CC3CCCCC32)c(OC)c1. The van der Waals surface area contributed by atoms with Crippen LogP contribution in [-0.4, -0.2) is 48.2 Å². The number of carboxylic acid groups (broad SMARTS) is 1. The second kappa shape index (κ2) is 8.63. The highest BCUT2D eigenvalue weighted by atomic mass is 16.5. The molecule has 3 unspecified atom stereocenters. The lowest BCUT2D eigenvalue weighted by Crippen LogP contribution is -2.46. The van der Waals surface area contributed by atoms with Gasteiger partial charge in [-0.25, -0.2) is 4.79 Å². The number of methoxy groups -OCH3 is 2. The number of carboxylic acids is 1. The lowest BCUT2D eigenvalue weighted by atomic mass is 9.84. The van der Waals surface area contributed by atoms with Gasteiger partial charge in [-0.3, -0.25) is 4.79 Å². The molecule has 1 heterocycles. The second-order valence-corrected chi connectivity index (χ2v) is 7.53. The maximum Gasteiger partial charge on any atom is 0.326 e. The van der Waals surface area contributed by atoms with Crippen molar-refractivity contribution < 1.29 is 24.2 Å². The van der Waals surface area contributed by atoms with Gasteiger partial charge in [-0.2, -0.15) is 0 Å². The highest BCUT2D eigenvalue weighted by molar-refractivity contribution is 5.84. The van der Waals surface area contributed by atoms with Gasteiger partial charge >= 0.3 is 5.97 Å². The Kier molecular flexibility index (Phi) is 6.24. The van der Waals surface area contributed by atoms with E-state index < -0.39 is 12.0 Å². The fourth-order valence-corrected chi connectivity index (χ4v) is 4.66. The normalized spacial score (nSPS) is 24.4. The number of amides is 1. The molecule has 1 aromatic rings. The third kappa shape index (κ3) is 4.20. The van der Waals surface area contributed by atoms with Crippen molar-refractivity contribution >= 4 is 11.9 Å². The zero-order valence-corrected chi connectivity index (χ0v) is 16.1. The summed E-state index contributed by atoms with van der Waals surface area (Å²) in [6.07, 6.45) is 6.56. The van der Waals surface area contributed by atoms with Gasteiger partial charge in [-0.1, -0.05) is 18.9 Å². The quantitative estimate of drug-likeness (QED) is 0.792. The maximum atomic E-state index is 12.9. The highest BCUT2D eigenvalue weighted by Crippen LogP contribution is 2.40. The Morgan fingerprint density at radius 1 is 1.19 bits per heavy atom. The molecule has 1 saturated carbocycles. The average molecular weight is 375 g/mol. The van der Waals surface area contributed by atoms with E-state index in [4.69, 9.17) is 9.47 Å². The molecule has 1 aliphatic carbocycles. The van der Waals surface area contributed by atoms with E-state index >= 15 is 0 Å². The summed E-state index contributed by atoms with van der Waals surface area (Å²) in [5, 5.41) is 9.58. The lowest BCUT2D eigenvalue weighted by Gasteiger charge is -2.33. The summed E-state index contributed by atoms with van der Waals surface area (Å²) in [6, 6.07) is 5.14. The van der Waals surface area contributed by atoms with E-state index in [0.717, 1.165) is 42.7 Å². The van der Waals surface area contributed by atoms with E-state index in [1.54, 1.807) is 19.1 Å². The number of hydrogen-bond donors (Lipinski definition) is 1. The van der Waals surface area contributed by atoms with Crippen molar-refractivity contribution in [1.82, 2.24) is 4.90 Å². The molecule has 27 heavy (non-hydrogen) atoms. The van der Waals surface area contributed by atoms with Crippen molar-refractivity contribution in [2.75, 3.05) is 14.2 Å². The summed E-state index contributed by atoms with van der Waals surface area (Å²) < 4.78 is 10.6. The summed E-state index contributed by atoms with van der Waals surface area (Å²) in [7, 11) is 3.23. The van der Waals surface area contributed by atoms with Gasteiger partial charge in [0, 0.05) is 18.5 Å². The molecular weight excluding hydrogens is 346 g/mol. The molecule has 2 aliphatic rings. The van der Waals surface area contributed by atoms with Crippen molar-refractivity contribution in [3.63, 3.8) is 0 Å². The van der Waals surface area contributed by atoms with E-state index in [2.05, 4.69) is 0 Å². The first-order chi connectivity index (χ1) is 13.0.